The first-order valence-electron chi connectivity index (χ1n) is 8.71. The van der Waals surface area contributed by atoms with E-state index in [0.29, 0.717) is 23.6 Å². The van der Waals surface area contributed by atoms with E-state index in [9.17, 15) is 14.7 Å². The Balaban J connectivity index is 1.68. The minimum Gasteiger partial charge on any atom is -0.374 e. The van der Waals surface area contributed by atoms with Gasteiger partial charge in [-0.25, -0.2) is 4.98 Å². The van der Waals surface area contributed by atoms with E-state index in [-0.39, 0.29) is 17.8 Å². The van der Waals surface area contributed by atoms with Crippen molar-refractivity contribution in [2.24, 2.45) is 5.73 Å². The van der Waals surface area contributed by atoms with Crippen LogP contribution in [0.25, 0.3) is 22.6 Å². The van der Waals surface area contributed by atoms with Crippen molar-refractivity contribution in [3.63, 3.8) is 0 Å². The molecule has 8 nitrogen and oxygen atoms in total. The maximum atomic E-state index is 12.2. The second-order valence-electron chi connectivity index (χ2n) is 6.77. The summed E-state index contributed by atoms with van der Waals surface area (Å²) in [6, 6.07) is 13.9. The number of nitrogens with two attached hydrogens (primary N) is 1. The molecular formula is C20H18N4O4. The molecule has 3 N–H and O–H groups in total. The summed E-state index contributed by atoms with van der Waals surface area (Å²) < 4.78 is 5.39. The number of hydrogen-bond acceptors (Lipinski definition) is 6. The molecule has 0 bridgehead atoms. The molecule has 1 aliphatic heterocycles. The van der Waals surface area contributed by atoms with Crippen LogP contribution in [0.5, 0.6) is 0 Å². The van der Waals surface area contributed by atoms with Crippen molar-refractivity contribution in [1.82, 2.24) is 15.0 Å². The number of nitrogens with zero attached hydrogens (tertiary/aromatic N) is 3. The summed E-state index contributed by atoms with van der Waals surface area (Å²) >= 11 is 0. The zero-order valence-corrected chi connectivity index (χ0v) is 15.1. The van der Waals surface area contributed by atoms with E-state index < -0.39 is 17.4 Å². The first kappa shape index (κ1) is 17.9. The summed E-state index contributed by atoms with van der Waals surface area (Å²) in [7, 11) is 1.64. The highest BCUT2D eigenvalue weighted by atomic mass is 16.5. The first-order valence-corrected chi connectivity index (χ1v) is 8.71. The van der Waals surface area contributed by atoms with Gasteiger partial charge in [0.2, 0.25) is 0 Å². The summed E-state index contributed by atoms with van der Waals surface area (Å²) in [6.45, 7) is 0.453. The second-order valence-corrected chi connectivity index (χ2v) is 6.77. The molecule has 0 aliphatic carbocycles. The number of likely N-dealkylation sites (N-methyl/N-ethyl adjacent to an activating group) is 1. The third-order valence-corrected chi connectivity index (χ3v) is 4.89. The molecule has 3 aromatic rings. The Morgan fingerprint density at radius 2 is 1.96 bits per heavy atom. The zero-order chi connectivity index (χ0) is 19.9. The molecule has 1 unspecified atom stereocenters. The van der Waals surface area contributed by atoms with Crippen LogP contribution in [-0.2, 0) is 10.4 Å². The fourth-order valence-electron chi connectivity index (χ4n) is 3.26. The largest absolute Gasteiger partial charge is 0.374 e. The molecule has 0 saturated carbocycles. The van der Waals surface area contributed by atoms with Crippen molar-refractivity contribution in [2.75, 3.05) is 13.6 Å². The standard InChI is InChI=1S/C20H18N4O4/c1-24-9-8-20(27,19(24)26)17-11-16(28-23-17)13-5-2-4-12(10-13)14-6-3-7-15(22-14)18(21)25/h2-7,10-11,27H,8-9H2,1H3,(H2,21,25). The van der Waals surface area contributed by atoms with Gasteiger partial charge in [0, 0.05) is 37.2 Å². The third-order valence-electron chi connectivity index (χ3n) is 4.89. The highest BCUT2D eigenvalue weighted by Gasteiger charge is 2.47. The van der Waals surface area contributed by atoms with E-state index in [1.165, 1.54) is 4.90 Å². The van der Waals surface area contributed by atoms with E-state index >= 15 is 0 Å². The number of carbonyl (C=O) groups excluding carboxylic acids is 2. The van der Waals surface area contributed by atoms with E-state index in [0.717, 1.165) is 5.56 Å². The summed E-state index contributed by atoms with van der Waals surface area (Å²) in [5.74, 6) is -0.579. The number of amides is 2. The smallest absolute Gasteiger partial charge is 0.267 e. The van der Waals surface area contributed by atoms with Crippen molar-refractivity contribution < 1.29 is 19.2 Å². The number of benzene rings is 1. The normalized spacial score (nSPS) is 19.2. The molecule has 8 heteroatoms. The topological polar surface area (TPSA) is 123 Å². The molecule has 1 aromatic carbocycles. The van der Waals surface area contributed by atoms with Gasteiger partial charge < -0.3 is 20.3 Å². The fraction of sp³-hybridized carbons (Fsp3) is 0.200. The summed E-state index contributed by atoms with van der Waals surface area (Å²) in [4.78, 5) is 29.3. The summed E-state index contributed by atoms with van der Waals surface area (Å²) in [6.07, 6.45) is 0.262. The zero-order valence-electron chi connectivity index (χ0n) is 15.1. The van der Waals surface area contributed by atoms with Crippen molar-refractivity contribution >= 4 is 11.8 Å². The highest BCUT2D eigenvalue weighted by Crippen LogP contribution is 2.34. The number of aromatic nitrogens is 2. The van der Waals surface area contributed by atoms with Gasteiger partial charge >= 0.3 is 0 Å². The van der Waals surface area contributed by atoms with Crippen LogP contribution < -0.4 is 5.73 Å². The Labute approximate surface area is 160 Å². The van der Waals surface area contributed by atoms with Crippen LogP contribution in [0, 0.1) is 0 Å². The predicted octanol–water partition coefficient (Wildman–Crippen LogP) is 1.55. The van der Waals surface area contributed by atoms with Crippen LogP contribution in [0.4, 0.5) is 0 Å². The highest BCUT2D eigenvalue weighted by molar-refractivity contribution is 5.91. The molecule has 1 fully saturated rings. The Bertz CT molecular complexity index is 1080. The molecule has 0 spiro atoms. The number of likely N-dealkylation sites (tertiary alicyclic amines) is 1. The molecule has 3 heterocycles. The molecular weight excluding hydrogens is 360 g/mol. The molecule has 4 rings (SSSR count). The number of rotatable bonds is 4. The molecule has 142 valence electrons. The average molecular weight is 378 g/mol. The summed E-state index contributed by atoms with van der Waals surface area (Å²) in [5.41, 5.74) is 6.05. The lowest BCUT2D eigenvalue weighted by atomic mass is 9.97. The molecule has 0 radical (unpaired) electrons. The molecule has 1 atom stereocenters. The summed E-state index contributed by atoms with van der Waals surface area (Å²) in [5, 5.41) is 14.6. The first-order chi connectivity index (χ1) is 13.4. The van der Waals surface area contributed by atoms with Gasteiger partial charge in [-0.2, -0.15) is 0 Å². The molecule has 28 heavy (non-hydrogen) atoms. The van der Waals surface area contributed by atoms with Crippen molar-refractivity contribution in [1.29, 1.82) is 0 Å². The van der Waals surface area contributed by atoms with Crippen LogP contribution >= 0.6 is 0 Å². The van der Waals surface area contributed by atoms with E-state index in [4.69, 9.17) is 10.3 Å². The van der Waals surface area contributed by atoms with Gasteiger partial charge in [-0.1, -0.05) is 29.4 Å². The van der Waals surface area contributed by atoms with Gasteiger partial charge in [0.25, 0.3) is 11.8 Å². The van der Waals surface area contributed by atoms with Crippen molar-refractivity contribution in [2.45, 2.75) is 12.0 Å². The Morgan fingerprint density at radius 3 is 2.68 bits per heavy atom. The van der Waals surface area contributed by atoms with Crippen LogP contribution in [0.15, 0.2) is 53.1 Å². The Kier molecular flexibility index (Phi) is 4.20. The van der Waals surface area contributed by atoms with Crippen molar-refractivity contribution in [3.8, 4) is 22.6 Å². The average Bonchev–Trinajstić information content (AvgIpc) is 3.31. The third kappa shape index (κ3) is 2.93. The minimum atomic E-state index is -1.66. The molecule has 1 saturated heterocycles. The fourth-order valence-corrected chi connectivity index (χ4v) is 3.26. The van der Waals surface area contributed by atoms with Gasteiger partial charge in [-0.3, -0.25) is 9.59 Å². The number of hydrogen-bond donors (Lipinski definition) is 2. The van der Waals surface area contributed by atoms with Gasteiger partial charge in [0.1, 0.15) is 11.4 Å². The molecule has 2 aromatic heterocycles. The second kappa shape index (κ2) is 6.58. The number of primary amides is 1. The lowest BCUT2D eigenvalue weighted by Crippen LogP contribution is -2.36. The maximum Gasteiger partial charge on any atom is 0.267 e. The monoisotopic (exact) mass is 378 g/mol. The maximum absolute atomic E-state index is 12.2. The van der Waals surface area contributed by atoms with Crippen LogP contribution in [0.1, 0.15) is 22.6 Å². The quantitative estimate of drug-likeness (QED) is 0.710. The van der Waals surface area contributed by atoms with Crippen LogP contribution in [-0.4, -0.2) is 45.6 Å². The Hall–Kier alpha value is -3.52. The van der Waals surface area contributed by atoms with Gasteiger partial charge in [-0.15, -0.1) is 0 Å². The SMILES string of the molecule is CN1CCC(O)(c2cc(-c3cccc(-c4cccc(C(N)=O)n4)c3)on2)C1=O. The predicted molar refractivity (Wildman–Crippen MR) is 99.8 cm³/mol. The van der Waals surface area contributed by atoms with E-state index in [1.54, 1.807) is 31.3 Å². The lowest BCUT2D eigenvalue weighted by molar-refractivity contribution is -0.143. The number of pyridine rings is 1. The number of aliphatic hydroxyl groups is 1. The number of carbonyl (C=O) groups is 2. The van der Waals surface area contributed by atoms with Gasteiger partial charge in [-0.05, 0) is 18.2 Å². The van der Waals surface area contributed by atoms with Gasteiger partial charge in [0.15, 0.2) is 11.4 Å². The van der Waals surface area contributed by atoms with Crippen LogP contribution in [0.2, 0.25) is 0 Å². The molecule has 2 amide bonds. The lowest BCUT2D eigenvalue weighted by Gasteiger charge is -2.16. The minimum absolute atomic E-state index is 0.177. The van der Waals surface area contributed by atoms with E-state index in [1.807, 2.05) is 24.3 Å². The van der Waals surface area contributed by atoms with Crippen molar-refractivity contribution in [3.05, 3.63) is 59.9 Å². The van der Waals surface area contributed by atoms with E-state index in [2.05, 4.69) is 10.1 Å². The molecule has 1 aliphatic rings. The van der Waals surface area contributed by atoms with Gasteiger partial charge in [0.05, 0.1) is 5.69 Å². The Morgan fingerprint density at radius 1 is 1.21 bits per heavy atom. The van der Waals surface area contributed by atoms with Crippen LogP contribution in [0.3, 0.4) is 0 Å².